The average molecular weight is 256 g/mol. The molecule has 0 aliphatic carbocycles. The first-order chi connectivity index (χ1) is 9.08. The molecule has 0 heterocycles. The second-order valence-corrected chi connectivity index (χ2v) is 4.92. The van der Waals surface area contributed by atoms with Crippen LogP contribution in [0.2, 0.25) is 0 Å². The van der Waals surface area contributed by atoms with Crippen LogP contribution in [0.1, 0.15) is 35.3 Å². The van der Waals surface area contributed by atoms with E-state index in [2.05, 4.69) is 32.0 Å². The first-order valence-electron chi connectivity index (χ1n) is 6.54. The molecule has 0 bridgehead atoms. The van der Waals surface area contributed by atoms with E-state index in [0.717, 1.165) is 16.9 Å². The summed E-state index contributed by atoms with van der Waals surface area (Å²) in [7, 11) is 0. The van der Waals surface area contributed by atoms with Crippen molar-refractivity contribution < 1.29 is 9.84 Å². The van der Waals surface area contributed by atoms with Crippen LogP contribution in [-0.2, 0) is 6.61 Å². The van der Waals surface area contributed by atoms with E-state index in [1.807, 2.05) is 24.3 Å². The van der Waals surface area contributed by atoms with Crippen molar-refractivity contribution in [3.8, 4) is 5.75 Å². The second kappa shape index (κ2) is 5.89. The molecule has 2 heteroatoms. The van der Waals surface area contributed by atoms with Crippen LogP contribution < -0.4 is 4.74 Å². The molecule has 2 rings (SSSR count). The van der Waals surface area contributed by atoms with E-state index < -0.39 is 6.10 Å². The topological polar surface area (TPSA) is 29.5 Å². The maximum atomic E-state index is 9.70. The minimum Gasteiger partial charge on any atom is -0.489 e. The number of benzene rings is 2. The van der Waals surface area contributed by atoms with Gasteiger partial charge >= 0.3 is 0 Å². The molecule has 1 atom stereocenters. The summed E-state index contributed by atoms with van der Waals surface area (Å²) in [6.45, 7) is 6.47. The largest absolute Gasteiger partial charge is 0.489 e. The van der Waals surface area contributed by atoms with Gasteiger partial charge in [-0.1, -0.05) is 36.4 Å². The van der Waals surface area contributed by atoms with E-state index in [1.165, 1.54) is 11.1 Å². The minimum absolute atomic E-state index is 0.518. The van der Waals surface area contributed by atoms with E-state index in [0.29, 0.717) is 6.61 Å². The van der Waals surface area contributed by atoms with E-state index in [-0.39, 0.29) is 0 Å². The Bertz CT molecular complexity index is 559. The Hall–Kier alpha value is -1.80. The van der Waals surface area contributed by atoms with Gasteiger partial charge in [-0.25, -0.2) is 0 Å². The number of aliphatic hydroxyl groups is 1. The predicted octanol–water partition coefficient (Wildman–Crippen LogP) is 3.94. The zero-order valence-electron chi connectivity index (χ0n) is 11.7. The van der Waals surface area contributed by atoms with Crippen LogP contribution in [0.4, 0.5) is 0 Å². The van der Waals surface area contributed by atoms with Crippen molar-refractivity contribution in [2.24, 2.45) is 0 Å². The van der Waals surface area contributed by atoms with Gasteiger partial charge in [0.25, 0.3) is 0 Å². The monoisotopic (exact) mass is 256 g/mol. The number of rotatable bonds is 4. The van der Waals surface area contributed by atoms with Crippen LogP contribution in [0.3, 0.4) is 0 Å². The summed E-state index contributed by atoms with van der Waals surface area (Å²) >= 11 is 0. The fourth-order valence-corrected chi connectivity index (χ4v) is 2.01. The molecule has 0 aromatic heterocycles. The van der Waals surface area contributed by atoms with Gasteiger partial charge in [0.2, 0.25) is 0 Å². The number of aryl methyl sites for hydroxylation is 2. The van der Waals surface area contributed by atoms with Crippen molar-refractivity contribution >= 4 is 0 Å². The quantitative estimate of drug-likeness (QED) is 0.898. The van der Waals surface area contributed by atoms with E-state index >= 15 is 0 Å². The highest BCUT2D eigenvalue weighted by Crippen LogP contribution is 2.25. The second-order valence-electron chi connectivity index (χ2n) is 4.92. The van der Waals surface area contributed by atoms with Gasteiger partial charge in [-0.05, 0) is 43.5 Å². The maximum absolute atomic E-state index is 9.70. The molecule has 2 aromatic carbocycles. The summed E-state index contributed by atoms with van der Waals surface area (Å²) in [6.07, 6.45) is -0.518. The van der Waals surface area contributed by atoms with Crippen molar-refractivity contribution in [3.05, 3.63) is 64.7 Å². The molecule has 0 saturated heterocycles. The van der Waals surface area contributed by atoms with Crippen LogP contribution in [-0.4, -0.2) is 5.11 Å². The Morgan fingerprint density at radius 1 is 1.05 bits per heavy atom. The number of ether oxygens (including phenoxy) is 1. The molecule has 0 aliphatic rings. The normalized spacial score (nSPS) is 12.2. The van der Waals surface area contributed by atoms with Crippen LogP contribution >= 0.6 is 0 Å². The van der Waals surface area contributed by atoms with Crippen LogP contribution in [0.15, 0.2) is 42.5 Å². The van der Waals surface area contributed by atoms with Crippen molar-refractivity contribution in [1.82, 2.24) is 0 Å². The average Bonchev–Trinajstić information content (AvgIpc) is 2.40. The summed E-state index contributed by atoms with van der Waals surface area (Å²) in [5.74, 6) is 0.746. The molecule has 100 valence electrons. The predicted molar refractivity (Wildman–Crippen MR) is 77.3 cm³/mol. The summed E-state index contributed by atoms with van der Waals surface area (Å²) in [6, 6.07) is 13.9. The summed E-state index contributed by atoms with van der Waals surface area (Å²) in [5, 5.41) is 9.70. The highest BCUT2D eigenvalue weighted by atomic mass is 16.5. The van der Waals surface area contributed by atoms with Crippen LogP contribution in [0.25, 0.3) is 0 Å². The molecule has 1 N–H and O–H groups in total. The molecule has 0 aliphatic heterocycles. The Kier molecular flexibility index (Phi) is 4.23. The number of para-hydroxylation sites is 1. The first kappa shape index (κ1) is 13.6. The molecule has 0 saturated carbocycles. The highest BCUT2D eigenvalue weighted by molar-refractivity contribution is 5.35. The first-order valence-corrected chi connectivity index (χ1v) is 6.54. The fourth-order valence-electron chi connectivity index (χ4n) is 2.01. The third-order valence-electron chi connectivity index (χ3n) is 3.33. The van der Waals surface area contributed by atoms with Gasteiger partial charge in [0.05, 0.1) is 6.10 Å². The van der Waals surface area contributed by atoms with Crippen molar-refractivity contribution in [3.63, 3.8) is 0 Å². The van der Waals surface area contributed by atoms with Gasteiger partial charge < -0.3 is 9.84 Å². The molecule has 0 amide bonds. The molecule has 0 radical (unpaired) electrons. The highest BCUT2D eigenvalue weighted by Gasteiger charge is 2.08. The lowest BCUT2D eigenvalue weighted by Crippen LogP contribution is -2.01. The summed E-state index contributed by atoms with van der Waals surface area (Å²) in [5.41, 5.74) is 4.52. The summed E-state index contributed by atoms with van der Waals surface area (Å²) < 4.78 is 5.82. The summed E-state index contributed by atoms with van der Waals surface area (Å²) in [4.78, 5) is 0. The molecule has 0 spiro atoms. The van der Waals surface area contributed by atoms with Crippen molar-refractivity contribution in [1.29, 1.82) is 0 Å². The zero-order chi connectivity index (χ0) is 13.8. The van der Waals surface area contributed by atoms with Crippen LogP contribution in [0, 0.1) is 13.8 Å². The standard InChI is InChI=1S/C17H20O2/c1-12-8-9-15(10-13(12)2)11-19-17-7-5-4-6-16(17)14(3)18/h4-10,14,18H,11H2,1-3H3/t14-/m1/s1. The van der Waals surface area contributed by atoms with Gasteiger partial charge in [0, 0.05) is 5.56 Å². The molecular formula is C17H20O2. The maximum Gasteiger partial charge on any atom is 0.125 e. The smallest absolute Gasteiger partial charge is 0.125 e. The molecule has 0 fully saturated rings. The van der Waals surface area contributed by atoms with E-state index in [4.69, 9.17) is 4.74 Å². The molecule has 0 unspecified atom stereocenters. The molecule has 19 heavy (non-hydrogen) atoms. The number of hydrogen-bond donors (Lipinski definition) is 1. The third-order valence-corrected chi connectivity index (χ3v) is 3.33. The Labute approximate surface area is 114 Å². The van der Waals surface area contributed by atoms with Gasteiger partial charge in [-0.15, -0.1) is 0 Å². The van der Waals surface area contributed by atoms with E-state index in [1.54, 1.807) is 6.92 Å². The lowest BCUT2D eigenvalue weighted by atomic mass is 10.1. The zero-order valence-corrected chi connectivity index (χ0v) is 11.7. The van der Waals surface area contributed by atoms with Gasteiger partial charge in [-0.3, -0.25) is 0 Å². The minimum atomic E-state index is -0.518. The third kappa shape index (κ3) is 3.36. The Morgan fingerprint density at radius 3 is 2.47 bits per heavy atom. The van der Waals surface area contributed by atoms with Gasteiger partial charge in [0.15, 0.2) is 0 Å². The SMILES string of the molecule is Cc1ccc(COc2ccccc2[C@@H](C)O)cc1C. The molecule has 2 nitrogen and oxygen atoms in total. The Balaban J connectivity index is 2.12. The van der Waals surface area contributed by atoms with Crippen molar-refractivity contribution in [2.75, 3.05) is 0 Å². The molecule has 2 aromatic rings. The van der Waals surface area contributed by atoms with Gasteiger partial charge in [0.1, 0.15) is 12.4 Å². The molecular weight excluding hydrogens is 236 g/mol. The Morgan fingerprint density at radius 2 is 1.79 bits per heavy atom. The van der Waals surface area contributed by atoms with Crippen LogP contribution in [0.5, 0.6) is 5.75 Å². The number of aliphatic hydroxyl groups excluding tert-OH is 1. The van der Waals surface area contributed by atoms with E-state index in [9.17, 15) is 5.11 Å². The number of hydrogen-bond acceptors (Lipinski definition) is 2. The van der Waals surface area contributed by atoms with Gasteiger partial charge in [-0.2, -0.15) is 0 Å². The lowest BCUT2D eigenvalue weighted by molar-refractivity contribution is 0.190. The fraction of sp³-hybridized carbons (Fsp3) is 0.294. The lowest BCUT2D eigenvalue weighted by Gasteiger charge is -2.13. The van der Waals surface area contributed by atoms with Crippen molar-refractivity contribution in [2.45, 2.75) is 33.5 Å².